The van der Waals surface area contributed by atoms with E-state index in [0.717, 1.165) is 77.6 Å². The van der Waals surface area contributed by atoms with Gasteiger partial charge < -0.3 is 28.8 Å². The molecule has 2 N–H and O–H groups in total. The number of amides is 2. The van der Waals surface area contributed by atoms with Crippen molar-refractivity contribution in [1.82, 2.24) is 20.6 Å². The van der Waals surface area contributed by atoms with Gasteiger partial charge in [0.05, 0.1) is 51.9 Å². The monoisotopic (exact) mass is 1440 g/mol. The molecule has 2 amide bonds. The van der Waals surface area contributed by atoms with Crippen LogP contribution >= 0.6 is 11.6 Å². The van der Waals surface area contributed by atoms with E-state index in [1.807, 2.05) is 97.9 Å². The Balaban J connectivity index is 0.000000164. The number of hydrogen-bond donors (Lipinski definition) is 2. The lowest BCUT2D eigenvalue weighted by molar-refractivity contribution is 0.00578. The van der Waals surface area contributed by atoms with E-state index in [4.69, 9.17) is 34.7 Å². The molecule has 1 saturated heterocycles. The summed E-state index contributed by atoms with van der Waals surface area (Å²) in [7, 11) is -2.45. The third-order valence-corrected chi connectivity index (χ3v) is 20.9. The smallest absolute Gasteiger partial charge is 0.455 e. The summed E-state index contributed by atoms with van der Waals surface area (Å²) >= 11 is 6.04. The first kappa shape index (κ1) is 73.3. The molecular weight excluding hydrogens is 1370 g/mol. The van der Waals surface area contributed by atoms with Gasteiger partial charge in [0.15, 0.2) is 0 Å². The molecule has 16 nitrogen and oxygen atoms in total. The molecule has 3 aliphatic rings. The molecule has 0 spiro atoms. The van der Waals surface area contributed by atoms with Gasteiger partial charge in [-0.2, -0.15) is 0 Å². The zero-order chi connectivity index (χ0) is 73.8. The van der Waals surface area contributed by atoms with Crippen LogP contribution in [0.2, 0.25) is 5.15 Å². The van der Waals surface area contributed by atoms with E-state index in [1.165, 1.54) is 94.4 Å². The second kappa shape index (κ2) is 28.5. The van der Waals surface area contributed by atoms with Crippen LogP contribution in [-0.4, -0.2) is 97.6 Å². The van der Waals surface area contributed by atoms with Crippen LogP contribution in [0.25, 0.3) is 91.3 Å². The number of nitrogens with zero attached hydrogens (tertiary/aromatic N) is 4. The van der Waals surface area contributed by atoms with Crippen LogP contribution in [0.15, 0.2) is 154 Å². The lowest BCUT2D eigenvalue weighted by Gasteiger charge is -2.32. The van der Waals surface area contributed by atoms with E-state index in [9.17, 15) is 44.0 Å². The first-order valence-electron chi connectivity index (χ1n) is 32.4. The normalized spacial score (nSPS) is 14.2. The number of halogens is 5. The topological polar surface area (TPSA) is 203 Å². The molecule has 1 fully saturated rings. The summed E-state index contributed by atoms with van der Waals surface area (Å²) in [6.07, 6.45) is 14.7. The van der Waals surface area contributed by atoms with Crippen molar-refractivity contribution in [3.8, 4) is 33.9 Å². The summed E-state index contributed by atoms with van der Waals surface area (Å²) in [4.78, 5) is 35.1. The second-order valence-corrected chi connectivity index (χ2v) is 31.0. The number of anilines is 2. The molecule has 0 atom stereocenters. The maximum absolute atomic E-state index is 14.7. The minimum Gasteiger partial charge on any atom is -0.455 e. The number of aromatic nitrogens is 2. The van der Waals surface area contributed by atoms with Crippen molar-refractivity contribution in [3.63, 3.8) is 0 Å². The highest BCUT2D eigenvalue weighted by molar-refractivity contribution is 7.92. The van der Waals surface area contributed by atoms with Gasteiger partial charge in [-0.25, -0.2) is 39.4 Å². The Bertz CT molecular complexity index is 5400. The van der Waals surface area contributed by atoms with Crippen molar-refractivity contribution in [2.75, 3.05) is 49.3 Å². The average molecular weight is 1440 g/mol. The number of nitrogens with one attached hydrogen (secondary N) is 2. The minimum absolute atomic E-state index is 0.175. The summed E-state index contributed by atoms with van der Waals surface area (Å²) in [5.74, 6) is -1.74. The van der Waals surface area contributed by atoms with Gasteiger partial charge in [0.1, 0.15) is 51.1 Å². The molecule has 0 unspecified atom stereocenters. The van der Waals surface area contributed by atoms with Gasteiger partial charge in [0, 0.05) is 108 Å². The lowest BCUT2D eigenvalue weighted by Crippen LogP contribution is -2.41. The third-order valence-electron chi connectivity index (χ3n) is 18.3. The highest BCUT2D eigenvalue weighted by Crippen LogP contribution is 2.45. The maximum atomic E-state index is 14.7. The Labute approximate surface area is 595 Å². The minimum atomic E-state index is -3.75. The molecule has 6 aromatic carbocycles. The molecular formula is C78H74BClF4N6O10S2. The van der Waals surface area contributed by atoms with Crippen molar-refractivity contribution in [3.05, 3.63) is 229 Å². The number of pyridine rings is 2. The molecule has 13 rings (SSSR count). The summed E-state index contributed by atoms with van der Waals surface area (Å²) in [6.45, 7) is 15.6. The van der Waals surface area contributed by atoms with Gasteiger partial charge in [0.2, 0.25) is 20.0 Å². The highest BCUT2D eigenvalue weighted by atomic mass is 35.5. The van der Waals surface area contributed by atoms with E-state index < -0.39 is 61.8 Å². The first-order valence-corrected chi connectivity index (χ1v) is 36.5. The number of hydrogen-bond acceptors (Lipinski definition) is 12. The van der Waals surface area contributed by atoms with E-state index in [0.29, 0.717) is 67.0 Å². The van der Waals surface area contributed by atoms with Crippen LogP contribution in [0.4, 0.5) is 28.9 Å². The van der Waals surface area contributed by atoms with Gasteiger partial charge in [-0.3, -0.25) is 23.2 Å². The predicted octanol–water partition coefficient (Wildman–Crippen LogP) is 16.4. The number of rotatable bonds is 14. The summed E-state index contributed by atoms with van der Waals surface area (Å²) in [6, 6.07) is 31.6. The summed E-state index contributed by atoms with van der Waals surface area (Å²) in [5.41, 5.74) is 13.5. The van der Waals surface area contributed by atoms with Crippen LogP contribution in [0.3, 0.4) is 0 Å². The highest BCUT2D eigenvalue weighted by Gasteiger charge is 2.53. The number of allylic oxidation sites excluding steroid dienone is 4. The zero-order valence-electron chi connectivity index (χ0n) is 58.6. The van der Waals surface area contributed by atoms with Crippen LogP contribution < -0.4 is 24.7 Å². The van der Waals surface area contributed by atoms with Crippen LogP contribution in [0, 0.1) is 23.3 Å². The predicted molar refractivity (Wildman–Crippen MR) is 399 cm³/mol. The molecule has 2 aliphatic carbocycles. The Morgan fingerprint density at radius 1 is 0.569 bits per heavy atom. The van der Waals surface area contributed by atoms with E-state index in [1.54, 1.807) is 48.8 Å². The average Bonchev–Trinajstić information content (AvgIpc) is 1.61. The van der Waals surface area contributed by atoms with E-state index >= 15 is 0 Å². The van der Waals surface area contributed by atoms with Crippen LogP contribution in [-0.2, 0) is 42.2 Å². The molecule has 5 heterocycles. The molecule has 4 aromatic heterocycles. The molecule has 10 aromatic rings. The number of fused-ring (bicyclic) bond motifs is 4. The summed E-state index contributed by atoms with van der Waals surface area (Å²) in [5, 5.41) is 6.58. The Morgan fingerprint density at radius 2 is 0.990 bits per heavy atom. The SMILES string of the molecule is CC(C)=Cc1cnc(Cl)cc1C1=Cc2c(F)cccc2C1.CNC(=O)c1c(-c2ccc(F)cc2)oc2cc(N(C)S(C)(=O)=O)c(-c3cc(C4=Cc5c(F)cccc5C4)c(C=C(C)C)cn3)cc12.CNC(=O)c1c(-c2ccc(F)cc2)oc2cc(N(C)S(C)(=O)=O)c(B3OC(C)(C)C(C)(C)O3)cc12. The Hall–Kier alpha value is -9.91. The molecule has 0 radical (unpaired) electrons. The fourth-order valence-corrected chi connectivity index (χ4v) is 13.5. The van der Waals surface area contributed by atoms with Crippen LogP contribution in [0.5, 0.6) is 0 Å². The van der Waals surface area contributed by atoms with Gasteiger partial charge in [-0.05, 0) is 199 Å². The van der Waals surface area contributed by atoms with Gasteiger partial charge in [-0.15, -0.1) is 0 Å². The Kier molecular flexibility index (Phi) is 20.5. The summed E-state index contributed by atoms with van der Waals surface area (Å²) < 4.78 is 134. The van der Waals surface area contributed by atoms with E-state index in [2.05, 4.69) is 21.7 Å². The quantitative estimate of drug-likeness (QED) is 0.0593. The van der Waals surface area contributed by atoms with Gasteiger partial charge >= 0.3 is 7.12 Å². The molecule has 0 bridgehead atoms. The number of benzene rings is 6. The number of carbonyl (C=O) groups excluding carboxylic acids is 2. The van der Waals surface area contributed by atoms with Crippen molar-refractivity contribution in [1.29, 1.82) is 0 Å². The van der Waals surface area contributed by atoms with Crippen molar-refractivity contribution in [2.24, 2.45) is 0 Å². The third kappa shape index (κ3) is 14.9. The van der Waals surface area contributed by atoms with Gasteiger partial charge in [0.25, 0.3) is 11.8 Å². The molecule has 526 valence electrons. The maximum Gasteiger partial charge on any atom is 0.497 e. The van der Waals surface area contributed by atoms with Crippen molar-refractivity contribution >= 4 is 125 Å². The molecule has 102 heavy (non-hydrogen) atoms. The number of sulfonamides is 2. The van der Waals surface area contributed by atoms with Crippen molar-refractivity contribution < 1.29 is 62.1 Å². The number of carbonyl (C=O) groups is 2. The Morgan fingerprint density at radius 3 is 1.42 bits per heavy atom. The standard InChI is InChI=1S/C36H31F2N3O4S.C24H28BFN2O6S.C18H15ClFN/c1-20(2)13-24-19-40-31(17-26(24)23-14-22-7-6-8-30(38)27(22)15-23)28-16-29-33(18-32(28)41(4)46(5,43)44)45-35(34(29)36(42)39-3)21-9-11-25(37)12-10-21;1-23(2)24(3,4)34-25(33-23)17-12-16-19(13-18(17)28(6)35(7,30)31)32-21(20(16)22(29)27-5)14-8-10-15(26)11-9-14;1-11(2)6-14-10-21-18(19)9-15(14)13-7-12-4-3-5-17(20)16(12)8-13/h6-13,15-19H,14H2,1-5H3,(H,39,42);8-13H,1-7H3,(H,27,29);3-6,8-10H,7H2,1-2H3. The molecule has 0 saturated carbocycles. The number of furan rings is 2. The fraction of sp³-hybridized carbons (Fsp3) is 0.231. The van der Waals surface area contributed by atoms with Crippen LogP contribution in [0.1, 0.15) is 121 Å². The van der Waals surface area contributed by atoms with Gasteiger partial charge in [-0.1, -0.05) is 59.2 Å². The van der Waals surface area contributed by atoms with E-state index in [-0.39, 0.29) is 51.1 Å². The first-order chi connectivity index (χ1) is 48.1. The lowest BCUT2D eigenvalue weighted by atomic mass is 9.77. The molecule has 24 heteroatoms. The second-order valence-electron chi connectivity index (χ2n) is 26.6. The largest absolute Gasteiger partial charge is 0.497 e. The zero-order valence-corrected chi connectivity index (χ0v) is 61.0. The molecule has 1 aliphatic heterocycles. The van der Waals surface area contributed by atoms with Crippen molar-refractivity contribution in [2.45, 2.75) is 79.4 Å². The fourth-order valence-electron chi connectivity index (χ4n) is 12.3.